The lowest BCUT2D eigenvalue weighted by Gasteiger charge is -2.20. The summed E-state index contributed by atoms with van der Waals surface area (Å²) in [4.78, 5) is 27.3. The van der Waals surface area contributed by atoms with Gasteiger partial charge in [0.1, 0.15) is 11.5 Å². The monoisotopic (exact) mass is 392 g/mol. The maximum atomic E-state index is 13.8. The Hall–Kier alpha value is -3.48. The molecule has 148 valence electrons. The minimum absolute atomic E-state index is 0.0769. The van der Waals surface area contributed by atoms with Gasteiger partial charge in [-0.25, -0.2) is 4.39 Å². The zero-order valence-corrected chi connectivity index (χ0v) is 16.1. The van der Waals surface area contributed by atoms with E-state index in [0.29, 0.717) is 25.3 Å². The smallest absolute Gasteiger partial charge is 0.276 e. The number of fused-ring (bicyclic) bond motifs is 1. The van der Waals surface area contributed by atoms with Crippen LogP contribution in [0.5, 0.6) is 0 Å². The van der Waals surface area contributed by atoms with E-state index in [0.717, 1.165) is 17.5 Å². The number of carbonyl (C=O) groups is 2. The number of amides is 2. The first-order chi connectivity index (χ1) is 14.0. The van der Waals surface area contributed by atoms with Gasteiger partial charge in [-0.1, -0.05) is 42.0 Å². The second kappa shape index (κ2) is 7.87. The summed E-state index contributed by atoms with van der Waals surface area (Å²) < 4.78 is 15.4. The number of nitrogens with zero attached hydrogens (tertiary/aromatic N) is 3. The van der Waals surface area contributed by atoms with Gasteiger partial charge in [0.2, 0.25) is 0 Å². The molecular formula is C22H21FN4O2. The van der Waals surface area contributed by atoms with E-state index in [1.807, 2.05) is 25.1 Å². The first-order valence-corrected chi connectivity index (χ1v) is 9.50. The van der Waals surface area contributed by atoms with Crippen LogP contribution in [-0.4, -0.2) is 33.0 Å². The van der Waals surface area contributed by atoms with Crippen molar-refractivity contribution in [2.45, 2.75) is 26.4 Å². The molecule has 2 aromatic carbocycles. The van der Waals surface area contributed by atoms with Gasteiger partial charge in [-0.05, 0) is 31.0 Å². The number of halogens is 1. The molecule has 6 nitrogen and oxygen atoms in total. The van der Waals surface area contributed by atoms with Crippen LogP contribution < -0.4 is 5.32 Å². The number of para-hydroxylation sites is 1. The molecule has 0 saturated heterocycles. The Morgan fingerprint density at radius 3 is 2.76 bits per heavy atom. The second-order valence-electron chi connectivity index (χ2n) is 7.14. The Kier molecular flexibility index (Phi) is 5.12. The van der Waals surface area contributed by atoms with Crippen LogP contribution in [0.1, 0.15) is 38.5 Å². The maximum Gasteiger partial charge on any atom is 0.276 e. The molecule has 2 heterocycles. The highest BCUT2D eigenvalue weighted by molar-refractivity contribution is 6.04. The highest BCUT2D eigenvalue weighted by Gasteiger charge is 2.26. The minimum Gasteiger partial charge on any atom is -0.333 e. The first kappa shape index (κ1) is 18.9. The average Bonchev–Trinajstić information content (AvgIpc) is 3.07. The average molecular weight is 392 g/mol. The third-order valence-electron chi connectivity index (χ3n) is 4.89. The fourth-order valence-corrected chi connectivity index (χ4v) is 3.48. The van der Waals surface area contributed by atoms with Crippen LogP contribution in [0.25, 0.3) is 0 Å². The largest absolute Gasteiger partial charge is 0.333 e. The van der Waals surface area contributed by atoms with Crippen molar-refractivity contribution in [1.82, 2.24) is 14.7 Å². The van der Waals surface area contributed by atoms with Crippen molar-refractivity contribution in [2.24, 2.45) is 0 Å². The van der Waals surface area contributed by atoms with Gasteiger partial charge in [0, 0.05) is 25.7 Å². The number of rotatable bonds is 4. The number of nitrogens with one attached hydrogen (secondary N) is 1. The summed E-state index contributed by atoms with van der Waals surface area (Å²) in [5.74, 6) is -1.24. The van der Waals surface area contributed by atoms with Gasteiger partial charge >= 0.3 is 0 Å². The maximum absolute atomic E-state index is 13.8. The molecule has 1 aromatic heterocycles. The molecule has 1 N–H and O–H groups in total. The quantitative estimate of drug-likeness (QED) is 0.737. The van der Waals surface area contributed by atoms with Gasteiger partial charge in [-0.15, -0.1) is 0 Å². The Balaban J connectivity index is 1.54. The molecule has 0 aliphatic carbocycles. The molecule has 1 aliphatic rings. The standard InChI is InChI=1S/C22H21FN4O2/c1-15-6-4-7-16(12-15)14-26-10-5-11-27-20(22(26)29)13-19(25-27)21(28)24-18-9-3-2-8-17(18)23/h2-4,6-9,12-13H,5,10-11,14H2,1H3,(H,24,28). The Morgan fingerprint density at radius 1 is 1.14 bits per heavy atom. The van der Waals surface area contributed by atoms with E-state index in [1.165, 1.54) is 18.2 Å². The molecule has 0 spiro atoms. The predicted octanol–water partition coefficient (Wildman–Crippen LogP) is 3.63. The van der Waals surface area contributed by atoms with Crippen LogP contribution in [-0.2, 0) is 13.1 Å². The van der Waals surface area contributed by atoms with Crippen molar-refractivity contribution in [2.75, 3.05) is 11.9 Å². The third-order valence-corrected chi connectivity index (χ3v) is 4.89. The van der Waals surface area contributed by atoms with Crippen LogP contribution in [0.4, 0.5) is 10.1 Å². The van der Waals surface area contributed by atoms with Crippen molar-refractivity contribution in [3.8, 4) is 0 Å². The summed E-state index contributed by atoms with van der Waals surface area (Å²) in [7, 11) is 0. The molecule has 3 aromatic rings. The SMILES string of the molecule is Cc1cccc(CN2CCCn3nc(C(=O)Nc4ccccc4F)cc3C2=O)c1. The van der Waals surface area contributed by atoms with Gasteiger partial charge in [0.25, 0.3) is 11.8 Å². The van der Waals surface area contributed by atoms with Crippen molar-refractivity contribution >= 4 is 17.5 Å². The van der Waals surface area contributed by atoms with E-state index < -0.39 is 11.7 Å². The number of aryl methyl sites for hydroxylation is 2. The number of aromatic nitrogens is 2. The summed E-state index contributed by atoms with van der Waals surface area (Å²) in [6.07, 6.45) is 0.737. The fourth-order valence-electron chi connectivity index (χ4n) is 3.48. The fraction of sp³-hybridized carbons (Fsp3) is 0.227. The van der Waals surface area contributed by atoms with Crippen molar-refractivity contribution in [1.29, 1.82) is 0 Å². The van der Waals surface area contributed by atoms with E-state index >= 15 is 0 Å². The molecule has 0 bridgehead atoms. The van der Waals surface area contributed by atoms with Gasteiger partial charge in [-0.3, -0.25) is 14.3 Å². The van der Waals surface area contributed by atoms with Gasteiger partial charge in [0.05, 0.1) is 5.69 Å². The van der Waals surface area contributed by atoms with E-state index in [9.17, 15) is 14.0 Å². The van der Waals surface area contributed by atoms with Crippen LogP contribution in [0.15, 0.2) is 54.6 Å². The molecule has 0 radical (unpaired) electrons. The molecule has 2 amide bonds. The van der Waals surface area contributed by atoms with Gasteiger partial charge < -0.3 is 10.2 Å². The highest BCUT2D eigenvalue weighted by atomic mass is 19.1. The molecule has 0 saturated carbocycles. The predicted molar refractivity (Wildman–Crippen MR) is 107 cm³/mol. The first-order valence-electron chi connectivity index (χ1n) is 9.50. The van der Waals surface area contributed by atoms with Crippen molar-refractivity contribution in [3.63, 3.8) is 0 Å². The van der Waals surface area contributed by atoms with Crippen molar-refractivity contribution in [3.05, 3.63) is 82.9 Å². The zero-order valence-electron chi connectivity index (χ0n) is 16.1. The van der Waals surface area contributed by atoms with Gasteiger partial charge in [-0.2, -0.15) is 5.10 Å². The molecule has 0 fully saturated rings. The van der Waals surface area contributed by atoms with Crippen LogP contribution in [0.2, 0.25) is 0 Å². The molecule has 29 heavy (non-hydrogen) atoms. The summed E-state index contributed by atoms with van der Waals surface area (Å²) >= 11 is 0. The van der Waals surface area contributed by atoms with Crippen LogP contribution in [0, 0.1) is 12.7 Å². The summed E-state index contributed by atoms with van der Waals surface area (Å²) in [5.41, 5.74) is 2.74. The second-order valence-corrected chi connectivity index (χ2v) is 7.14. The lowest BCUT2D eigenvalue weighted by atomic mass is 10.1. The Bertz CT molecular complexity index is 1080. The molecule has 1 aliphatic heterocycles. The molecular weight excluding hydrogens is 371 g/mol. The third kappa shape index (κ3) is 4.03. The molecule has 7 heteroatoms. The molecule has 0 unspecified atom stereocenters. The van der Waals surface area contributed by atoms with Gasteiger partial charge in [0.15, 0.2) is 5.69 Å². The normalized spacial score (nSPS) is 13.7. The lowest BCUT2D eigenvalue weighted by molar-refractivity contribution is 0.0745. The van der Waals surface area contributed by atoms with Crippen LogP contribution in [0.3, 0.4) is 0 Å². The minimum atomic E-state index is -0.547. The van der Waals surface area contributed by atoms with E-state index in [1.54, 1.807) is 21.7 Å². The Morgan fingerprint density at radius 2 is 1.97 bits per heavy atom. The molecule has 4 rings (SSSR count). The van der Waals surface area contributed by atoms with Crippen LogP contribution >= 0.6 is 0 Å². The highest BCUT2D eigenvalue weighted by Crippen LogP contribution is 2.19. The molecule has 0 atom stereocenters. The number of benzene rings is 2. The zero-order chi connectivity index (χ0) is 20.4. The number of hydrogen-bond donors (Lipinski definition) is 1. The summed E-state index contributed by atoms with van der Waals surface area (Å²) in [6, 6.07) is 15.4. The number of carbonyl (C=O) groups excluding carboxylic acids is 2. The lowest BCUT2D eigenvalue weighted by Crippen LogP contribution is -2.30. The number of anilines is 1. The van der Waals surface area contributed by atoms with E-state index in [2.05, 4.69) is 16.5 Å². The van der Waals surface area contributed by atoms with E-state index in [-0.39, 0.29) is 17.3 Å². The number of hydrogen-bond acceptors (Lipinski definition) is 3. The van der Waals surface area contributed by atoms with E-state index in [4.69, 9.17) is 0 Å². The Labute approximate surface area is 167 Å². The summed E-state index contributed by atoms with van der Waals surface area (Å²) in [6.45, 7) is 3.68. The topological polar surface area (TPSA) is 67.2 Å². The van der Waals surface area contributed by atoms with Crippen molar-refractivity contribution < 1.29 is 14.0 Å². The summed E-state index contributed by atoms with van der Waals surface area (Å²) in [5, 5.41) is 6.79.